The van der Waals surface area contributed by atoms with E-state index in [1.54, 1.807) is 7.11 Å². The van der Waals surface area contributed by atoms with E-state index < -0.39 is 0 Å². The van der Waals surface area contributed by atoms with Crippen LogP contribution in [0, 0.1) is 0 Å². The first-order chi connectivity index (χ1) is 8.29. The van der Waals surface area contributed by atoms with Crippen LogP contribution in [0.15, 0.2) is 18.2 Å². The summed E-state index contributed by atoms with van der Waals surface area (Å²) in [4.78, 5) is 0. The van der Waals surface area contributed by atoms with Gasteiger partial charge in [0.1, 0.15) is 5.75 Å². The zero-order valence-electron chi connectivity index (χ0n) is 9.94. The van der Waals surface area contributed by atoms with Crippen LogP contribution in [-0.2, 0) is 9.47 Å². The lowest BCUT2D eigenvalue weighted by molar-refractivity contribution is -0.0818. The Labute approximate surface area is 101 Å². The maximum atomic E-state index is 5.74. The molecule has 0 radical (unpaired) electrons. The monoisotopic (exact) mass is 238 g/mol. The molecular weight excluding hydrogens is 220 g/mol. The number of hydrogen-bond donors (Lipinski definition) is 2. The minimum atomic E-state index is 0.104. The van der Waals surface area contributed by atoms with Crippen LogP contribution in [0.25, 0.3) is 0 Å². The number of benzene rings is 1. The Morgan fingerprint density at radius 3 is 3.06 bits per heavy atom. The number of nitrogens with two attached hydrogens (primary N) is 1. The molecule has 1 aliphatic rings. The molecule has 1 aromatic rings. The van der Waals surface area contributed by atoms with Crippen molar-refractivity contribution in [3.63, 3.8) is 0 Å². The first kappa shape index (κ1) is 12.0. The predicted octanol–water partition coefficient (Wildman–Crippen LogP) is 1.10. The fourth-order valence-electron chi connectivity index (χ4n) is 1.71. The third-order valence-corrected chi connectivity index (χ3v) is 2.65. The van der Waals surface area contributed by atoms with Crippen molar-refractivity contribution in [1.82, 2.24) is 0 Å². The molecule has 3 N–H and O–H groups in total. The summed E-state index contributed by atoms with van der Waals surface area (Å²) < 4.78 is 16.0. The zero-order valence-corrected chi connectivity index (χ0v) is 9.94. The normalized spacial score (nSPS) is 19.9. The van der Waals surface area contributed by atoms with Crippen LogP contribution in [0.5, 0.6) is 5.75 Å². The molecule has 0 amide bonds. The second-order valence-corrected chi connectivity index (χ2v) is 3.91. The number of methoxy groups -OCH3 is 1. The molecule has 1 heterocycles. The average molecular weight is 238 g/mol. The molecule has 1 aromatic carbocycles. The van der Waals surface area contributed by atoms with Crippen LogP contribution in [0.3, 0.4) is 0 Å². The van der Waals surface area contributed by atoms with Gasteiger partial charge in [0.2, 0.25) is 0 Å². The topological polar surface area (TPSA) is 65.7 Å². The lowest BCUT2D eigenvalue weighted by Crippen LogP contribution is -2.34. The Morgan fingerprint density at radius 1 is 1.47 bits per heavy atom. The van der Waals surface area contributed by atoms with E-state index in [0.717, 1.165) is 5.69 Å². The van der Waals surface area contributed by atoms with E-state index in [1.165, 1.54) is 0 Å². The van der Waals surface area contributed by atoms with E-state index in [-0.39, 0.29) is 6.10 Å². The van der Waals surface area contributed by atoms with Crippen LogP contribution in [0.1, 0.15) is 0 Å². The van der Waals surface area contributed by atoms with Crippen molar-refractivity contribution in [2.45, 2.75) is 6.10 Å². The van der Waals surface area contributed by atoms with Gasteiger partial charge in [-0.25, -0.2) is 0 Å². The molecule has 1 fully saturated rings. The number of anilines is 2. The predicted molar refractivity (Wildman–Crippen MR) is 66.5 cm³/mol. The van der Waals surface area contributed by atoms with Gasteiger partial charge in [-0.1, -0.05) is 0 Å². The molecule has 1 unspecified atom stereocenters. The summed E-state index contributed by atoms with van der Waals surface area (Å²) in [7, 11) is 1.60. The van der Waals surface area contributed by atoms with Gasteiger partial charge in [-0.3, -0.25) is 0 Å². The fraction of sp³-hybridized carbons (Fsp3) is 0.500. The molecule has 0 bridgehead atoms. The fourth-order valence-corrected chi connectivity index (χ4v) is 1.71. The van der Waals surface area contributed by atoms with Gasteiger partial charge in [0.05, 0.1) is 38.7 Å². The van der Waals surface area contributed by atoms with Crippen molar-refractivity contribution >= 4 is 11.4 Å². The van der Waals surface area contributed by atoms with E-state index in [0.29, 0.717) is 37.8 Å². The molecule has 1 saturated heterocycles. The summed E-state index contributed by atoms with van der Waals surface area (Å²) in [6.07, 6.45) is 0.104. The van der Waals surface area contributed by atoms with E-state index in [4.69, 9.17) is 19.9 Å². The Bertz CT molecular complexity index is 365. The van der Waals surface area contributed by atoms with Crippen LogP contribution < -0.4 is 15.8 Å². The lowest BCUT2D eigenvalue weighted by atomic mass is 10.2. The molecular formula is C12H18N2O3. The Balaban J connectivity index is 1.89. The molecule has 1 atom stereocenters. The highest BCUT2D eigenvalue weighted by atomic mass is 16.6. The van der Waals surface area contributed by atoms with Gasteiger partial charge in [0.15, 0.2) is 0 Å². The van der Waals surface area contributed by atoms with Crippen LogP contribution in [0.4, 0.5) is 11.4 Å². The summed E-state index contributed by atoms with van der Waals surface area (Å²) in [5, 5.41) is 3.28. The molecule has 94 valence electrons. The molecule has 17 heavy (non-hydrogen) atoms. The van der Waals surface area contributed by atoms with E-state index >= 15 is 0 Å². The summed E-state index contributed by atoms with van der Waals surface area (Å²) in [6.45, 7) is 2.70. The van der Waals surface area contributed by atoms with E-state index in [2.05, 4.69) is 5.32 Å². The maximum absolute atomic E-state index is 5.74. The van der Waals surface area contributed by atoms with Crippen LogP contribution >= 0.6 is 0 Å². The van der Waals surface area contributed by atoms with Gasteiger partial charge in [-0.15, -0.1) is 0 Å². The third-order valence-electron chi connectivity index (χ3n) is 2.65. The highest BCUT2D eigenvalue weighted by Crippen LogP contribution is 2.24. The van der Waals surface area contributed by atoms with Gasteiger partial charge in [0.25, 0.3) is 0 Å². The minimum Gasteiger partial charge on any atom is -0.495 e. The second-order valence-electron chi connectivity index (χ2n) is 3.91. The standard InChI is InChI=1S/C12H18N2O3/c1-15-12-6-9(2-3-11(12)13)14-7-10-8-16-4-5-17-10/h2-3,6,10,14H,4-5,7-8,13H2,1H3. The molecule has 1 aliphatic heterocycles. The van der Waals surface area contributed by atoms with Crippen LogP contribution in [0.2, 0.25) is 0 Å². The van der Waals surface area contributed by atoms with Gasteiger partial charge >= 0.3 is 0 Å². The van der Waals surface area contributed by atoms with Gasteiger partial charge in [-0.05, 0) is 12.1 Å². The second kappa shape index (κ2) is 5.75. The molecule has 0 saturated carbocycles. The van der Waals surface area contributed by atoms with Gasteiger partial charge in [0, 0.05) is 18.3 Å². The molecule has 2 rings (SSSR count). The van der Waals surface area contributed by atoms with Crippen LogP contribution in [-0.4, -0.2) is 39.6 Å². The largest absolute Gasteiger partial charge is 0.495 e. The number of nitrogen functional groups attached to an aromatic ring is 1. The first-order valence-corrected chi connectivity index (χ1v) is 5.66. The highest BCUT2D eigenvalue weighted by Gasteiger charge is 2.13. The minimum absolute atomic E-state index is 0.104. The quantitative estimate of drug-likeness (QED) is 0.769. The number of nitrogens with one attached hydrogen (secondary N) is 1. The Kier molecular flexibility index (Phi) is 4.06. The van der Waals surface area contributed by atoms with Gasteiger partial charge in [-0.2, -0.15) is 0 Å². The molecule has 0 aliphatic carbocycles. The Morgan fingerprint density at radius 2 is 2.35 bits per heavy atom. The number of hydrogen-bond acceptors (Lipinski definition) is 5. The van der Waals surface area contributed by atoms with Crippen molar-refractivity contribution in [1.29, 1.82) is 0 Å². The summed E-state index contributed by atoms with van der Waals surface area (Å²) >= 11 is 0. The third kappa shape index (κ3) is 3.25. The maximum Gasteiger partial charge on any atom is 0.143 e. The average Bonchev–Trinajstić information content (AvgIpc) is 2.39. The smallest absolute Gasteiger partial charge is 0.143 e. The van der Waals surface area contributed by atoms with Crippen molar-refractivity contribution in [2.24, 2.45) is 0 Å². The van der Waals surface area contributed by atoms with Crippen molar-refractivity contribution in [2.75, 3.05) is 44.5 Å². The SMILES string of the molecule is COc1cc(NCC2COCCO2)ccc1N. The van der Waals surface area contributed by atoms with Gasteiger partial charge < -0.3 is 25.3 Å². The van der Waals surface area contributed by atoms with E-state index in [9.17, 15) is 0 Å². The highest BCUT2D eigenvalue weighted by molar-refractivity contribution is 5.61. The molecule has 0 aromatic heterocycles. The summed E-state index contributed by atoms with van der Waals surface area (Å²) in [5.74, 6) is 0.677. The lowest BCUT2D eigenvalue weighted by Gasteiger charge is -2.23. The molecule has 5 heteroatoms. The summed E-state index contributed by atoms with van der Waals surface area (Å²) in [5.41, 5.74) is 7.34. The number of rotatable bonds is 4. The summed E-state index contributed by atoms with van der Waals surface area (Å²) in [6, 6.07) is 5.61. The van der Waals surface area contributed by atoms with Crippen molar-refractivity contribution < 1.29 is 14.2 Å². The number of ether oxygens (including phenoxy) is 3. The molecule has 0 spiro atoms. The first-order valence-electron chi connectivity index (χ1n) is 5.66. The Hall–Kier alpha value is -1.46. The van der Waals surface area contributed by atoms with Crippen molar-refractivity contribution in [3.05, 3.63) is 18.2 Å². The molecule has 5 nitrogen and oxygen atoms in total. The van der Waals surface area contributed by atoms with Crippen molar-refractivity contribution in [3.8, 4) is 5.75 Å². The zero-order chi connectivity index (χ0) is 12.1. The van der Waals surface area contributed by atoms with E-state index in [1.807, 2.05) is 18.2 Å².